The molecule has 0 saturated carbocycles. The van der Waals surface area contributed by atoms with Gasteiger partial charge in [0.25, 0.3) is 5.91 Å². The van der Waals surface area contributed by atoms with Crippen LogP contribution in [0.4, 0.5) is 4.79 Å². The highest BCUT2D eigenvalue weighted by Crippen LogP contribution is 2.34. The molecule has 3 aromatic carbocycles. The summed E-state index contributed by atoms with van der Waals surface area (Å²) in [5.41, 5.74) is 1.41. The van der Waals surface area contributed by atoms with Crippen molar-refractivity contribution < 1.29 is 14.3 Å². The molecular weight excluding hydrogens is 376 g/mol. The van der Waals surface area contributed by atoms with Gasteiger partial charge in [0.05, 0.1) is 13.2 Å². The molecule has 0 aromatic heterocycles. The van der Waals surface area contributed by atoms with E-state index in [9.17, 15) is 9.59 Å². The van der Waals surface area contributed by atoms with Gasteiger partial charge in [0.1, 0.15) is 5.75 Å². The predicted octanol–water partition coefficient (Wildman–Crippen LogP) is 4.28. The first kappa shape index (κ1) is 19.7. The molecule has 1 aliphatic heterocycles. The zero-order valence-corrected chi connectivity index (χ0v) is 16.9. The Kier molecular flexibility index (Phi) is 5.53. The lowest BCUT2D eigenvalue weighted by molar-refractivity contribution is -0.132. The number of imide groups is 1. The Morgan fingerprint density at radius 2 is 1.50 bits per heavy atom. The van der Waals surface area contributed by atoms with E-state index in [-0.39, 0.29) is 12.5 Å². The molecule has 30 heavy (non-hydrogen) atoms. The van der Waals surface area contributed by atoms with Gasteiger partial charge >= 0.3 is 6.03 Å². The summed E-state index contributed by atoms with van der Waals surface area (Å²) in [6.07, 6.45) is 0.381. The molecule has 1 heterocycles. The first-order chi connectivity index (χ1) is 14.6. The number of nitrogens with zero attached hydrogens (tertiary/aromatic N) is 1. The number of ether oxygens (including phenoxy) is 1. The molecule has 0 spiro atoms. The number of rotatable bonds is 7. The van der Waals surface area contributed by atoms with Crippen molar-refractivity contribution in [3.8, 4) is 5.75 Å². The summed E-state index contributed by atoms with van der Waals surface area (Å²) in [6, 6.07) is 26.3. The highest BCUT2D eigenvalue weighted by atomic mass is 16.5. The van der Waals surface area contributed by atoms with E-state index in [2.05, 4.69) is 5.32 Å². The van der Waals surface area contributed by atoms with Crippen LogP contribution >= 0.6 is 0 Å². The van der Waals surface area contributed by atoms with Gasteiger partial charge in [-0.05, 0) is 24.1 Å². The summed E-state index contributed by atoms with van der Waals surface area (Å²) in [5, 5.41) is 3.00. The summed E-state index contributed by atoms with van der Waals surface area (Å²) < 4.78 is 5.68. The fourth-order valence-electron chi connectivity index (χ4n) is 3.91. The molecular formula is C25H24N2O3. The average molecular weight is 400 g/mol. The van der Waals surface area contributed by atoms with Gasteiger partial charge in [-0.3, -0.25) is 9.69 Å². The molecule has 0 unspecified atom stereocenters. The second kappa shape index (κ2) is 8.41. The summed E-state index contributed by atoms with van der Waals surface area (Å²) in [7, 11) is 0. The number of para-hydroxylation sites is 1. The van der Waals surface area contributed by atoms with Gasteiger partial charge in [-0.1, -0.05) is 78.9 Å². The zero-order valence-electron chi connectivity index (χ0n) is 16.9. The molecule has 1 fully saturated rings. The van der Waals surface area contributed by atoms with Gasteiger partial charge in [-0.2, -0.15) is 0 Å². The fraction of sp³-hybridized carbons (Fsp3) is 0.200. The molecule has 0 aliphatic carbocycles. The second-order valence-corrected chi connectivity index (χ2v) is 7.30. The normalized spacial score (nSPS) is 18.4. The van der Waals surface area contributed by atoms with Crippen LogP contribution in [0, 0.1) is 0 Å². The Labute approximate surface area is 176 Å². The van der Waals surface area contributed by atoms with E-state index < -0.39 is 11.6 Å². The van der Waals surface area contributed by atoms with Crippen molar-refractivity contribution in [3.05, 3.63) is 102 Å². The van der Waals surface area contributed by atoms with E-state index >= 15 is 0 Å². The second-order valence-electron chi connectivity index (χ2n) is 7.30. The number of urea groups is 1. The number of carbonyl (C=O) groups is 2. The summed E-state index contributed by atoms with van der Waals surface area (Å²) in [6.45, 7) is 2.58. The minimum absolute atomic E-state index is 0.157. The molecule has 3 aromatic rings. The molecule has 0 radical (unpaired) electrons. The average Bonchev–Trinajstić information content (AvgIpc) is 3.01. The van der Waals surface area contributed by atoms with Crippen LogP contribution in [-0.2, 0) is 23.3 Å². The molecule has 4 rings (SSSR count). The van der Waals surface area contributed by atoms with E-state index in [1.54, 1.807) is 0 Å². The molecule has 152 valence electrons. The van der Waals surface area contributed by atoms with E-state index in [0.717, 1.165) is 16.7 Å². The zero-order chi connectivity index (χ0) is 21.0. The number of hydrogen-bond donors (Lipinski definition) is 1. The largest absolute Gasteiger partial charge is 0.494 e. The van der Waals surface area contributed by atoms with Crippen molar-refractivity contribution in [2.24, 2.45) is 0 Å². The minimum atomic E-state index is -1.14. The van der Waals surface area contributed by atoms with E-state index in [1.807, 2.05) is 91.9 Å². The highest BCUT2D eigenvalue weighted by molar-refractivity contribution is 6.07. The molecule has 5 nitrogen and oxygen atoms in total. The Bertz CT molecular complexity index is 1040. The van der Waals surface area contributed by atoms with Gasteiger partial charge in [-0.15, -0.1) is 0 Å². The molecule has 1 saturated heterocycles. The van der Waals surface area contributed by atoms with Crippen LogP contribution in [-0.4, -0.2) is 23.4 Å². The molecule has 1 aliphatic rings. The van der Waals surface area contributed by atoms with Gasteiger partial charge < -0.3 is 10.1 Å². The van der Waals surface area contributed by atoms with Crippen molar-refractivity contribution in [1.29, 1.82) is 0 Å². The molecule has 5 heteroatoms. The van der Waals surface area contributed by atoms with Gasteiger partial charge in [0, 0.05) is 12.0 Å². The molecule has 0 bridgehead atoms. The van der Waals surface area contributed by atoms with Gasteiger partial charge in [0.2, 0.25) is 0 Å². The lowest BCUT2D eigenvalue weighted by atomic mass is 9.83. The van der Waals surface area contributed by atoms with Crippen LogP contribution in [0.3, 0.4) is 0 Å². The number of carbonyl (C=O) groups excluding carboxylic acids is 2. The lowest BCUT2D eigenvalue weighted by Crippen LogP contribution is -2.46. The maximum atomic E-state index is 13.7. The Morgan fingerprint density at radius 3 is 2.20 bits per heavy atom. The van der Waals surface area contributed by atoms with Crippen LogP contribution in [0.1, 0.15) is 23.6 Å². The number of benzene rings is 3. The van der Waals surface area contributed by atoms with Crippen LogP contribution in [0.25, 0.3) is 0 Å². The summed E-state index contributed by atoms with van der Waals surface area (Å²) >= 11 is 0. The standard InChI is InChI=1S/C25H24N2O3/c1-2-30-22-16-10-9-13-20(22)18-27-23(28)25(26-24(27)29,21-14-7-4-8-15-21)17-19-11-5-3-6-12-19/h3-16H,2,17-18H2,1H3,(H,26,29)/t25-/m1/s1. The SMILES string of the molecule is CCOc1ccccc1CN1C(=O)N[C@](Cc2ccccc2)(c2ccccc2)C1=O. The smallest absolute Gasteiger partial charge is 0.325 e. The minimum Gasteiger partial charge on any atom is -0.494 e. The van der Waals surface area contributed by atoms with Crippen molar-refractivity contribution in [2.75, 3.05) is 6.61 Å². The van der Waals surface area contributed by atoms with E-state index in [0.29, 0.717) is 18.8 Å². The van der Waals surface area contributed by atoms with E-state index in [1.165, 1.54) is 4.90 Å². The van der Waals surface area contributed by atoms with Gasteiger partial charge in [-0.25, -0.2) is 4.79 Å². The number of nitrogens with one attached hydrogen (secondary N) is 1. The molecule has 1 N–H and O–H groups in total. The van der Waals surface area contributed by atoms with Gasteiger partial charge in [0.15, 0.2) is 5.54 Å². The van der Waals surface area contributed by atoms with Crippen LogP contribution < -0.4 is 10.1 Å². The van der Waals surface area contributed by atoms with Crippen molar-refractivity contribution in [1.82, 2.24) is 10.2 Å². The van der Waals surface area contributed by atoms with Crippen LogP contribution in [0.15, 0.2) is 84.9 Å². The Morgan fingerprint density at radius 1 is 0.867 bits per heavy atom. The third-order valence-corrected chi connectivity index (χ3v) is 5.36. The van der Waals surface area contributed by atoms with Crippen LogP contribution in [0.2, 0.25) is 0 Å². The highest BCUT2D eigenvalue weighted by Gasteiger charge is 2.52. The van der Waals surface area contributed by atoms with Crippen molar-refractivity contribution >= 4 is 11.9 Å². The predicted molar refractivity (Wildman–Crippen MR) is 115 cm³/mol. The quantitative estimate of drug-likeness (QED) is 0.603. The van der Waals surface area contributed by atoms with E-state index in [4.69, 9.17) is 4.74 Å². The third kappa shape index (κ3) is 3.66. The van der Waals surface area contributed by atoms with Crippen molar-refractivity contribution in [2.45, 2.75) is 25.4 Å². The fourth-order valence-corrected chi connectivity index (χ4v) is 3.91. The number of hydrogen-bond acceptors (Lipinski definition) is 3. The maximum Gasteiger partial charge on any atom is 0.325 e. The topological polar surface area (TPSA) is 58.6 Å². The van der Waals surface area contributed by atoms with Crippen LogP contribution in [0.5, 0.6) is 5.75 Å². The van der Waals surface area contributed by atoms with Crippen molar-refractivity contribution in [3.63, 3.8) is 0 Å². The molecule has 3 amide bonds. The monoisotopic (exact) mass is 400 g/mol. The lowest BCUT2D eigenvalue weighted by Gasteiger charge is -2.27. The first-order valence-electron chi connectivity index (χ1n) is 10.1. The Hall–Kier alpha value is -3.60. The third-order valence-electron chi connectivity index (χ3n) is 5.36. The summed E-state index contributed by atoms with van der Waals surface area (Å²) in [5.74, 6) is 0.426. The summed E-state index contributed by atoms with van der Waals surface area (Å²) in [4.78, 5) is 28.0. The number of amides is 3. The molecule has 1 atom stereocenters. The Balaban J connectivity index is 1.71. The first-order valence-corrected chi connectivity index (χ1v) is 10.1. The maximum absolute atomic E-state index is 13.7.